The second-order valence-electron chi connectivity index (χ2n) is 6.76. The van der Waals surface area contributed by atoms with Crippen LogP contribution in [0.3, 0.4) is 0 Å². The van der Waals surface area contributed by atoms with Crippen molar-refractivity contribution in [3.05, 3.63) is 59.9 Å². The van der Waals surface area contributed by atoms with Crippen LogP contribution in [0.5, 0.6) is 0 Å². The number of fused-ring (bicyclic) bond motifs is 1. The molecule has 0 aliphatic heterocycles. The minimum absolute atomic E-state index is 0.196. The lowest BCUT2D eigenvalue weighted by Gasteiger charge is -2.13. The van der Waals surface area contributed by atoms with E-state index in [1.54, 1.807) is 0 Å². The smallest absolute Gasteiger partial charge is 0.107 e. The second kappa shape index (κ2) is 7.24. The Labute approximate surface area is 148 Å². The fourth-order valence-corrected chi connectivity index (χ4v) is 3.65. The molecule has 3 heteroatoms. The van der Waals surface area contributed by atoms with E-state index < -0.39 is 0 Å². The number of aromatic amines is 1. The number of nitrogens with zero attached hydrogens (tertiary/aromatic N) is 1. The van der Waals surface area contributed by atoms with Gasteiger partial charge in [-0.05, 0) is 54.9 Å². The van der Waals surface area contributed by atoms with E-state index in [0.717, 1.165) is 35.3 Å². The van der Waals surface area contributed by atoms with E-state index in [4.69, 9.17) is 10.1 Å². The van der Waals surface area contributed by atoms with Crippen molar-refractivity contribution in [1.82, 2.24) is 9.97 Å². The van der Waals surface area contributed by atoms with Gasteiger partial charge < -0.3 is 10.1 Å². The number of imidazole rings is 1. The number of aliphatic hydroxyl groups excluding tert-OH is 1. The Morgan fingerprint density at radius 1 is 1.00 bits per heavy atom. The molecule has 1 aliphatic carbocycles. The van der Waals surface area contributed by atoms with E-state index in [1.165, 1.54) is 42.4 Å². The van der Waals surface area contributed by atoms with Crippen LogP contribution in [-0.2, 0) is 6.42 Å². The van der Waals surface area contributed by atoms with Gasteiger partial charge in [0, 0.05) is 18.6 Å². The minimum Gasteiger partial charge on any atom is -0.396 e. The Hall–Kier alpha value is -2.39. The first-order valence-electron chi connectivity index (χ1n) is 9.23. The van der Waals surface area contributed by atoms with Gasteiger partial charge in [0.25, 0.3) is 0 Å². The topological polar surface area (TPSA) is 48.9 Å². The Bertz CT molecular complexity index is 890. The number of aryl methyl sites for hydroxylation is 1. The molecule has 0 atom stereocenters. The van der Waals surface area contributed by atoms with Gasteiger partial charge in [0.2, 0.25) is 0 Å². The SMILES string of the molecule is OCCCc1nc2c(-c3ccc(C4=CCCCC4)cc3)cccc2[nH]1. The number of aromatic nitrogens is 2. The largest absolute Gasteiger partial charge is 0.396 e. The summed E-state index contributed by atoms with van der Waals surface area (Å²) >= 11 is 0. The molecule has 0 bridgehead atoms. The summed E-state index contributed by atoms with van der Waals surface area (Å²) in [5.41, 5.74) is 7.27. The summed E-state index contributed by atoms with van der Waals surface area (Å²) in [7, 11) is 0. The van der Waals surface area contributed by atoms with Crippen LogP contribution in [0, 0.1) is 0 Å². The van der Waals surface area contributed by atoms with Crippen LogP contribution in [0.25, 0.3) is 27.7 Å². The molecule has 0 unspecified atom stereocenters. The van der Waals surface area contributed by atoms with Gasteiger partial charge in [0.15, 0.2) is 0 Å². The second-order valence-corrected chi connectivity index (χ2v) is 6.76. The summed E-state index contributed by atoms with van der Waals surface area (Å²) in [6.45, 7) is 0.196. The zero-order valence-electron chi connectivity index (χ0n) is 14.5. The number of hydrogen-bond donors (Lipinski definition) is 2. The summed E-state index contributed by atoms with van der Waals surface area (Å²) in [6, 6.07) is 15.2. The van der Waals surface area contributed by atoms with E-state index in [9.17, 15) is 0 Å². The van der Waals surface area contributed by atoms with Crippen LogP contribution in [0.4, 0.5) is 0 Å². The van der Waals surface area contributed by atoms with E-state index in [-0.39, 0.29) is 6.61 Å². The van der Waals surface area contributed by atoms with Gasteiger partial charge in [-0.2, -0.15) is 0 Å². The van der Waals surface area contributed by atoms with Crippen molar-refractivity contribution in [2.75, 3.05) is 6.61 Å². The number of allylic oxidation sites excluding steroid dienone is 2. The highest BCUT2D eigenvalue weighted by molar-refractivity contribution is 5.92. The molecule has 1 aliphatic rings. The average molecular weight is 332 g/mol. The van der Waals surface area contributed by atoms with Crippen molar-refractivity contribution in [1.29, 1.82) is 0 Å². The zero-order valence-corrected chi connectivity index (χ0v) is 14.5. The maximum atomic E-state index is 9.02. The van der Waals surface area contributed by atoms with Gasteiger partial charge in [-0.15, -0.1) is 0 Å². The molecule has 1 heterocycles. The first kappa shape index (κ1) is 16.1. The normalized spacial score (nSPS) is 14.7. The zero-order chi connectivity index (χ0) is 17.1. The number of para-hydroxylation sites is 1. The van der Waals surface area contributed by atoms with Crippen LogP contribution in [0.2, 0.25) is 0 Å². The number of rotatable bonds is 5. The molecule has 128 valence electrons. The van der Waals surface area contributed by atoms with E-state index in [1.807, 2.05) is 0 Å². The third-order valence-corrected chi connectivity index (χ3v) is 4.99. The highest BCUT2D eigenvalue weighted by Gasteiger charge is 2.10. The lowest BCUT2D eigenvalue weighted by Crippen LogP contribution is -1.92. The molecule has 0 saturated carbocycles. The van der Waals surface area contributed by atoms with Crippen molar-refractivity contribution in [2.24, 2.45) is 0 Å². The maximum Gasteiger partial charge on any atom is 0.107 e. The van der Waals surface area contributed by atoms with Crippen LogP contribution < -0.4 is 0 Å². The Balaban J connectivity index is 1.66. The average Bonchev–Trinajstić information content (AvgIpc) is 3.10. The van der Waals surface area contributed by atoms with Crippen LogP contribution in [0.1, 0.15) is 43.5 Å². The van der Waals surface area contributed by atoms with E-state index >= 15 is 0 Å². The lowest BCUT2D eigenvalue weighted by molar-refractivity contribution is 0.287. The summed E-state index contributed by atoms with van der Waals surface area (Å²) in [5, 5.41) is 9.02. The highest BCUT2D eigenvalue weighted by atomic mass is 16.2. The minimum atomic E-state index is 0.196. The molecule has 3 nitrogen and oxygen atoms in total. The third kappa shape index (κ3) is 3.38. The van der Waals surface area contributed by atoms with Crippen LogP contribution in [0.15, 0.2) is 48.5 Å². The third-order valence-electron chi connectivity index (χ3n) is 4.99. The van der Waals surface area contributed by atoms with Gasteiger partial charge in [-0.1, -0.05) is 42.5 Å². The molecular formula is C22H24N2O. The van der Waals surface area contributed by atoms with Crippen LogP contribution >= 0.6 is 0 Å². The summed E-state index contributed by atoms with van der Waals surface area (Å²) in [4.78, 5) is 8.13. The van der Waals surface area contributed by atoms with Gasteiger partial charge in [0.05, 0.1) is 11.0 Å². The highest BCUT2D eigenvalue weighted by Crippen LogP contribution is 2.31. The van der Waals surface area contributed by atoms with Gasteiger partial charge in [-0.3, -0.25) is 0 Å². The van der Waals surface area contributed by atoms with E-state index in [2.05, 4.69) is 53.5 Å². The molecule has 4 rings (SSSR count). The molecule has 1 aromatic heterocycles. The van der Waals surface area contributed by atoms with Crippen molar-refractivity contribution in [3.63, 3.8) is 0 Å². The molecule has 25 heavy (non-hydrogen) atoms. The predicted molar refractivity (Wildman–Crippen MR) is 103 cm³/mol. The van der Waals surface area contributed by atoms with Crippen molar-refractivity contribution in [2.45, 2.75) is 38.5 Å². The Kier molecular flexibility index (Phi) is 4.66. The number of nitrogens with one attached hydrogen (secondary N) is 1. The fraction of sp³-hybridized carbons (Fsp3) is 0.318. The van der Waals surface area contributed by atoms with Crippen molar-refractivity contribution < 1.29 is 5.11 Å². The van der Waals surface area contributed by atoms with E-state index in [0.29, 0.717) is 0 Å². The maximum absolute atomic E-state index is 9.02. The summed E-state index contributed by atoms with van der Waals surface area (Å²) < 4.78 is 0. The molecule has 2 N–H and O–H groups in total. The molecule has 0 radical (unpaired) electrons. The number of H-pyrrole nitrogens is 1. The van der Waals surface area contributed by atoms with Crippen molar-refractivity contribution in [3.8, 4) is 11.1 Å². The lowest BCUT2D eigenvalue weighted by atomic mass is 9.92. The summed E-state index contributed by atoms with van der Waals surface area (Å²) in [6.07, 6.45) is 8.93. The monoisotopic (exact) mass is 332 g/mol. The van der Waals surface area contributed by atoms with Crippen LogP contribution in [-0.4, -0.2) is 21.7 Å². The first-order chi connectivity index (χ1) is 12.3. The molecule has 0 fully saturated rings. The first-order valence-corrected chi connectivity index (χ1v) is 9.23. The Morgan fingerprint density at radius 2 is 1.84 bits per heavy atom. The van der Waals surface area contributed by atoms with Gasteiger partial charge in [-0.25, -0.2) is 4.98 Å². The fourth-order valence-electron chi connectivity index (χ4n) is 3.65. The quantitative estimate of drug-likeness (QED) is 0.682. The molecule has 0 spiro atoms. The molecular weight excluding hydrogens is 308 g/mol. The predicted octanol–water partition coefficient (Wildman–Crippen LogP) is 5.11. The van der Waals surface area contributed by atoms with Gasteiger partial charge >= 0.3 is 0 Å². The molecule has 3 aromatic rings. The Morgan fingerprint density at radius 3 is 2.60 bits per heavy atom. The number of benzene rings is 2. The number of aliphatic hydroxyl groups is 1. The molecule has 2 aromatic carbocycles. The standard InChI is InChI=1S/C22H24N2O/c25-15-5-10-21-23-20-9-4-8-19(22(20)24-21)18-13-11-17(12-14-18)16-6-2-1-3-7-16/h4,6,8-9,11-14,25H,1-3,5,7,10,15H2,(H,23,24). The summed E-state index contributed by atoms with van der Waals surface area (Å²) in [5.74, 6) is 0.945. The number of hydrogen-bond acceptors (Lipinski definition) is 2. The van der Waals surface area contributed by atoms with Crippen molar-refractivity contribution >= 4 is 16.6 Å². The molecule has 0 saturated heterocycles. The van der Waals surface area contributed by atoms with Gasteiger partial charge in [0.1, 0.15) is 5.82 Å². The molecule has 0 amide bonds.